The summed E-state index contributed by atoms with van der Waals surface area (Å²) in [5, 5.41) is -0.665. The molecule has 100 valence electrons. The summed E-state index contributed by atoms with van der Waals surface area (Å²) in [7, 11) is 1.33. The van der Waals surface area contributed by atoms with E-state index in [9.17, 15) is 9.69 Å². The molecule has 0 aliphatic carbocycles. The lowest BCUT2D eigenvalue weighted by Crippen LogP contribution is -2.13. The maximum Gasteiger partial charge on any atom is 0.324 e. The highest BCUT2D eigenvalue weighted by atomic mass is 32.9. The molecule has 1 aromatic carbocycles. The summed E-state index contributed by atoms with van der Waals surface area (Å²) in [5.74, 6) is -0.422. The molecule has 1 aromatic rings. The van der Waals surface area contributed by atoms with Crippen LogP contribution < -0.4 is 0 Å². The highest BCUT2D eigenvalue weighted by Crippen LogP contribution is 2.61. The van der Waals surface area contributed by atoms with Crippen molar-refractivity contribution in [2.75, 3.05) is 13.7 Å². The average Bonchev–Trinajstić information content (AvgIpc) is 2.37. The lowest BCUT2D eigenvalue weighted by atomic mass is 10.1. The maximum absolute atomic E-state index is 11.9. The van der Waals surface area contributed by atoms with Crippen LogP contribution in [0.2, 0.25) is 0 Å². The standard InChI is InChI=1S/C11H15O4PS2/c1-3-15-11(12)10(18-16(13,17)14-2)9-7-5-4-6-8-9/h4-8,10H,3H2,1-2H3,(H,13,17)/t10-,16?/m0/s1. The van der Waals surface area contributed by atoms with Crippen LogP contribution in [0.1, 0.15) is 17.7 Å². The molecule has 18 heavy (non-hydrogen) atoms. The van der Waals surface area contributed by atoms with Gasteiger partial charge >= 0.3 is 5.97 Å². The number of benzene rings is 1. The topological polar surface area (TPSA) is 55.8 Å². The summed E-state index contributed by atoms with van der Waals surface area (Å²) in [4.78, 5) is 21.7. The zero-order chi connectivity index (χ0) is 13.6. The molecule has 7 heteroatoms. The summed E-state index contributed by atoms with van der Waals surface area (Å²) in [6.45, 7) is 2.01. The van der Waals surface area contributed by atoms with Gasteiger partial charge in [-0.3, -0.25) is 4.79 Å². The van der Waals surface area contributed by atoms with Gasteiger partial charge < -0.3 is 14.2 Å². The molecule has 0 aromatic heterocycles. The van der Waals surface area contributed by atoms with Gasteiger partial charge in [0.15, 0.2) is 0 Å². The molecule has 0 saturated carbocycles. The first-order chi connectivity index (χ1) is 8.50. The van der Waals surface area contributed by atoms with Gasteiger partial charge in [-0.1, -0.05) is 41.7 Å². The molecule has 0 fully saturated rings. The molecule has 1 rings (SSSR count). The Bertz CT molecular complexity index is 438. The fourth-order valence-electron chi connectivity index (χ4n) is 1.26. The van der Waals surface area contributed by atoms with Crippen LogP contribution in [-0.4, -0.2) is 24.6 Å². The molecule has 1 unspecified atom stereocenters. The van der Waals surface area contributed by atoms with E-state index in [1.54, 1.807) is 19.1 Å². The van der Waals surface area contributed by atoms with Crippen LogP contribution in [0.4, 0.5) is 0 Å². The first-order valence-corrected chi connectivity index (χ1v) is 9.44. The van der Waals surface area contributed by atoms with Crippen molar-refractivity contribution < 1.29 is 18.9 Å². The highest BCUT2D eigenvalue weighted by Gasteiger charge is 2.29. The van der Waals surface area contributed by atoms with Crippen LogP contribution in [0, 0.1) is 0 Å². The average molecular weight is 306 g/mol. The minimum Gasteiger partial charge on any atom is -0.465 e. The Kier molecular flexibility index (Phi) is 6.32. The van der Waals surface area contributed by atoms with Crippen LogP contribution >= 0.6 is 17.1 Å². The Morgan fingerprint density at radius 2 is 2.11 bits per heavy atom. The minimum atomic E-state index is -3.02. The van der Waals surface area contributed by atoms with Gasteiger partial charge in [0.2, 0.25) is 5.69 Å². The molecule has 0 aliphatic heterocycles. The number of carbonyl (C=O) groups excluding carboxylic acids is 1. The fourth-order valence-corrected chi connectivity index (χ4v) is 4.50. The first kappa shape index (κ1) is 15.7. The molecule has 1 N–H and O–H groups in total. The van der Waals surface area contributed by atoms with Gasteiger partial charge in [-0.25, -0.2) is 0 Å². The largest absolute Gasteiger partial charge is 0.465 e. The van der Waals surface area contributed by atoms with E-state index in [1.807, 2.05) is 18.2 Å². The molecule has 4 nitrogen and oxygen atoms in total. The van der Waals surface area contributed by atoms with E-state index in [1.165, 1.54) is 7.11 Å². The van der Waals surface area contributed by atoms with Crippen molar-refractivity contribution in [1.82, 2.24) is 0 Å². The second kappa shape index (κ2) is 7.26. The lowest BCUT2D eigenvalue weighted by molar-refractivity contribution is -0.142. The smallest absolute Gasteiger partial charge is 0.324 e. The minimum absolute atomic E-state index is 0.282. The third-order valence-electron chi connectivity index (χ3n) is 2.07. The van der Waals surface area contributed by atoms with E-state index in [4.69, 9.17) is 21.1 Å². The van der Waals surface area contributed by atoms with Crippen LogP contribution in [0.15, 0.2) is 30.3 Å². The molecule has 0 radical (unpaired) electrons. The zero-order valence-electron chi connectivity index (χ0n) is 10.1. The number of hydrogen-bond acceptors (Lipinski definition) is 5. The van der Waals surface area contributed by atoms with Crippen molar-refractivity contribution in [3.8, 4) is 0 Å². The van der Waals surface area contributed by atoms with E-state index in [0.29, 0.717) is 0 Å². The normalized spacial score (nSPS) is 15.7. The molecule has 0 heterocycles. The van der Waals surface area contributed by atoms with Gasteiger partial charge in [0.25, 0.3) is 0 Å². The second-order valence-corrected chi connectivity index (χ2v) is 9.58. The zero-order valence-corrected chi connectivity index (χ0v) is 12.6. The Hall–Kier alpha value is -0.390. The number of hydrogen-bond donors (Lipinski definition) is 1. The van der Waals surface area contributed by atoms with Gasteiger partial charge in [0.05, 0.1) is 6.61 Å². The number of ether oxygens (including phenoxy) is 1. The third-order valence-corrected chi connectivity index (χ3v) is 6.58. The van der Waals surface area contributed by atoms with Crippen molar-refractivity contribution >= 4 is 34.9 Å². The number of esters is 1. The van der Waals surface area contributed by atoms with Crippen molar-refractivity contribution in [1.29, 1.82) is 0 Å². The van der Waals surface area contributed by atoms with Crippen LogP contribution in [0.25, 0.3) is 0 Å². The Morgan fingerprint density at radius 3 is 2.61 bits per heavy atom. The predicted molar refractivity (Wildman–Crippen MR) is 76.9 cm³/mol. The van der Waals surface area contributed by atoms with E-state index < -0.39 is 16.9 Å². The van der Waals surface area contributed by atoms with E-state index in [2.05, 4.69) is 0 Å². The monoisotopic (exact) mass is 306 g/mol. The summed E-state index contributed by atoms with van der Waals surface area (Å²) < 4.78 is 9.85. The van der Waals surface area contributed by atoms with Gasteiger partial charge in [-0.05, 0) is 24.3 Å². The Labute approximate surface area is 116 Å². The molecule has 0 aliphatic rings. The van der Waals surface area contributed by atoms with E-state index >= 15 is 0 Å². The van der Waals surface area contributed by atoms with Crippen LogP contribution in [-0.2, 0) is 25.9 Å². The molecule has 0 bridgehead atoms. The number of carbonyl (C=O) groups is 1. The lowest BCUT2D eigenvalue weighted by Gasteiger charge is -2.19. The van der Waals surface area contributed by atoms with Crippen molar-refractivity contribution in [3.63, 3.8) is 0 Å². The first-order valence-electron chi connectivity index (χ1n) is 5.28. The van der Waals surface area contributed by atoms with Crippen molar-refractivity contribution in [2.24, 2.45) is 0 Å². The third kappa shape index (κ3) is 4.71. The van der Waals surface area contributed by atoms with Gasteiger partial charge in [0, 0.05) is 7.11 Å². The molecule has 0 amide bonds. The molecular formula is C11H15O4PS2. The summed E-state index contributed by atoms with van der Waals surface area (Å²) >= 11 is 5.86. The molecule has 0 saturated heterocycles. The quantitative estimate of drug-likeness (QED) is 0.644. The Morgan fingerprint density at radius 1 is 1.50 bits per heavy atom. The van der Waals surface area contributed by atoms with Crippen LogP contribution in [0.5, 0.6) is 0 Å². The van der Waals surface area contributed by atoms with Gasteiger partial charge in [-0.15, -0.1) is 0 Å². The van der Waals surface area contributed by atoms with Crippen molar-refractivity contribution in [2.45, 2.75) is 12.2 Å². The highest BCUT2D eigenvalue weighted by molar-refractivity contribution is 8.67. The SMILES string of the molecule is CCOC(=O)[C@@H](SP(O)(=S)OC)c1ccccc1. The summed E-state index contributed by atoms with van der Waals surface area (Å²) in [6.07, 6.45) is 0. The molecule has 2 atom stereocenters. The van der Waals surface area contributed by atoms with E-state index in [0.717, 1.165) is 16.9 Å². The summed E-state index contributed by atoms with van der Waals surface area (Å²) in [6, 6.07) is 9.06. The molecular weight excluding hydrogens is 291 g/mol. The van der Waals surface area contributed by atoms with E-state index in [-0.39, 0.29) is 6.61 Å². The fraction of sp³-hybridized carbons (Fsp3) is 0.364. The predicted octanol–water partition coefficient (Wildman–Crippen LogP) is 2.89. The van der Waals surface area contributed by atoms with Gasteiger partial charge in [-0.2, -0.15) is 0 Å². The molecule has 0 spiro atoms. The second-order valence-electron chi connectivity index (χ2n) is 3.30. The van der Waals surface area contributed by atoms with Crippen molar-refractivity contribution in [3.05, 3.63) is 35.9 Å². The Balaban J connectivity index is 2.96. The summed E-state index contributed by atoms with van der Waals surface area (Å²) in [5.41, 5.74) is -2.29. The maximum atomic E-state index is 11.9. The number of rotatable bonds is 6. The van der Waals surface area contributed by atoms with Crippen LogP contribution in [0.3, 0.4) is 0 Å². The van der Waals surface area contributed by atoms with Gasteiger partial charge in [0.1, 0.15) is 5.25 Å².